The molecule has 1 heterocycles. The molecule has 20 heavy (non-hydrogen) atoms. The molecule has 1 aromatic carbocycles. The Kier molecular flexibility index (Phi) is 5.48. The lowest BCUT2D eigenvalue weighted by molar-refractivity contribution is 0.0599. The number of hydrogen-bond donors (Lipinski definition) is 1. The largest absolute Gasteiger partial charge is 0.388 e. The van der Waals surface area contributed by atoms with E-state index in [0.29, 0.717) is 11.1 Å². The predicted molar refractivity (Wildman–Crippen MR) is 85.0 cm³/mol. The lowest BCUT2D eigenvalue weighted by atomic mass is 9.86. The molecule has 1 N–H and O–H groups in total. The van der Waals surface area contributed by atoms with Crippen molar-refractivity contribution in [2.75, 3.05) is 13.1 Å². The third-order valence-corrected chi connectivity index (χ3v) is 5.02. The van der Waals surface area contributed by atoms with Crippen LogP contribution in [0.4, 0.5) is 0 Å². The predicted octanol–water partition coefficient (Wildman–Crippen LogP) is 4.13. The molecule has 0 aliphatic carbocycles. The highest BCUT2D eigenvalue weighted by molar-refractivity contribution is 6.31. The van der Waals surface area contributed by atoms with Gasteiger partial charge in [-0.25, -0.2) is 0 Å². The Hall–Kier alpha value is -0.570. The van der Waals surface area contributed by atoms with Crippen LogP contribution in [-0.2, 0) is 0 Å². The summed E-state index contributed by atoms with van der Waals surface area (Å²) in [4.78, 5) is 2.51. The van der Waals surface area contributed by atoms with Gasteiger partial charge in [0.1, 0.15) is 0 Å². The van der Waals surface area contributed by atoms with E-state index in [1.807, 2.05) is 24.3 Å². The first-order valence-corrected chi connectivity index (χ1v) is 8.03. The van der Waals surface area contributed by atoms with E-state index in [1.54, 1.807) is 0 Å². The van der Waals surface area contributed by atoms with Gasteiger partial charge in [-0.3, -0.25) is 0 Å². The van der Waals surface area contributed by atoms with Crippen molar-refractivity contribution >= 4 is 11.6 Å². The van der Waals surface area contributed by atoms with Crippen molar-refractivity contribution in [1.29, 1.82) is 0 Å². The molecule has 0 bridgehead atoms. The summed E-state index contributed by atoms with van der Waals surface area (Å²) in [5.74, 6) is 1.48. The van der Waals surface area contributed by atoms with Gasteiger partial charge in [0.05, 0.1) is 6.10 Å². The molecule has 0 saturated carbocycles. The fraction of sp³-hybridized carbons (Fsp3) is 0.647. The average molecular weight is 296 g/mol. The third kappa shape index (κ3) is 3.75. The normalized spacial score (nSPS) is 29.4. The van der Waals surface area contributed by atoms with Crippen LogP contribution in [0.5, 0.6) is 0 Å². The van der Waals surface area contributed by atoms with Crippen LogP contribution in [-0.4, -0.2) is 29.1 Å². The Bertz CT molecular complexity index is 437. The summed E-state index contributed by atoms with van der Waals surface area (Å²) in [6.07, 6.45) is 1.58. The molecular formula is C17H26ClNO. The van der Waals surface area contributed by atoms with Gasteiger partial charge in [-0.2, -0.15) is 0 Å². The summed E-state index contributed by atoms with van der Waals surface area (Å²) < 4.78 is 0. The smallest absolute Gasteiger partial charge is 0.0816 e. The van der Waals surface area contributed by atoms with Crippen molar-refractivity contribution in [2.24, 2.45) is 11.8 Å². The summed E-state index contributed by atoms with van der Waals surface area (Å²) in [5, 5.41) is 11.0. The van der Waals surface area contributed by atoms with Crippen LogP contribution in [0.1, 0.15) is 45.3 Å². The van der Waals surface area contributed by atoms with Crippen LogP contribution in [0.2, 0.25) is 5.02 Å². The Morgan fingerprint density at radius 3 is 2.70 bits per heavy atom. The standard InChI is InChI=1S/C17H26ClNO/c1-12-10-13(2)14(3)19(11-12)9-8-17(20)15-6-4-5-7-16(15)18/h4-7,12-14,17,20H,8-11H2,1-3H3. The minimum atomic E-state index is -0.469. The molecule has 0 spiro atoms. The van der Waals surface area contributed by atoms with Gasteiger partial charge in [0.2, 0.25) is 0 Å². The number of aliphatic hydroxyl groups is 1. The molecule has 2 rings (SSSR count). The Balaban J connectivity index is 1.93. The number of nitrogens with zero attached hydrogens (tertiary/aromatic N) is 1. The first kappa shape index (κ1) is 15.8. The van der Waals surface area contributed by atoms with E-state index in [4.69, 9.17) is 11.6 Å². The third-order valence-electron chi connectivity index (χ3n) is 4.67. The number of likely N-dealkylation sites (tertiary alicyclic amines) is 1. The van der Waals surface area contributed by atoms with E-state index in [-0.39, 0.29) is 0 Å². The van der Waals surface area contributed by atoms with Gasteiger partial charge in [0.15, 0.2) is 0 Å². The van der Waals surface area contributed by atoms with Gasteiger partial charge in [-0.15, -0.1) is 0 Å². The molecule has 0 radical (unpaired) electrons. The molecule has 1 aliphatic rings. The molecule has 112 valence electrons. The summed E-state index contributed by atoms with van der Waals surface area (Å²) in [6.45, 7) is 9.03. The number of hydrogen-bond acceptors (Lipinski definition) is 2. The second kappa shape index (κ2) is 6.93. The number of benzene rings is 1. The van der Waals surface area contributed by atoms with E-state index in [1.165, 1.54) is 6.42 Å². The van der Waals surface area contributed by atoms with Gasteiger partial charge in [0.25, 0.3) is 0 Å². The highest BCUT2D eigenvalue weighted by Gasteiger charge is 2.28. The lowest BCUT2D eigenvalue weighted by Gasteiger charge is -2.41. The number of rotatable bonds is 4. The molecule has 1 saturated heterocycles. The van der Waals surface area contributed by atoms with Crippen molar-refractivity contribution < 1.29 is 5.11 Å². The molecular weight excluding hydrogens is 270 g/mol. The van der Waals surface area contributed by atoms with Crippen molar-refractivity contribution in [1.82, 2.24) is 4.90 Å². The zero-order valence-electron chi connectivity index (χ0n) is 12.7. The minimum absolute atomic E-state index is 0.469. The number of aliphatic hydroxyl groups excluding tert-OH is 1. The number of halogens is 1. The first-order valence-electron chi connectivity index (χ1n) is 7.65. The number of piperidine rings is 1. The van der Waals surface area contributed by atoms with Crippen LogP contribution >= 0.6 is 11.6 Å². The van der Waals surface area contributed by atoms with E-state index in [9.17, 15) is 5.11 Å². The molecule has 1 aromatic rings. The fourth-order valence-corrected chi connectivity index (χ4v) is 3.58. The van der Waals surface area contributed by atoms with E-state index >= 15 is 0 Å². The second-order valence-electron chi connectivity index (χ2n) is 6.38. The zero-order chi connectivity index (χ0) is 14.7. The summed E-state index contributed by atoms with van der Waals surface area (Å²) in [6, 6.07) is 8.18. The van der Waals surface area contributed by atoms with E-state index in [0.717, 1.165) is 36.9 Å². The van der Waals surface area contributed by atoms with Crippen LogP contribution in [0.3, 0.4) is 0 Å². The zero-order valence-corrected chi connectivity index (χ0v) is 13.5. The summed E-state index contributed by atoms with van der Waals surface area (Å²) in [7, 11) is 0. The molecule has 1 aliphatic heterocycles. The Morgan fingerprint density at radius 1 is 1.30 bits per heavy atom. The van der Waals surface area contributed by atoms with Crippen molar-refractivity contribution in [3.05, 3.63) is 34.9 Å². The van der Waals surface area contributed by atoms with Crippen LogP contribution in [0.15, 0.2) is 24.3 Å². The van der Waals surface area contributed by atoms with Gasteiger partial charge >= 0.3 is 0 Å². The second-order valence-corrected chi connectivity index (χ2v) is 6.79. The van der Waals surface area contributed by atoms with Gasteiger partial charge < -0.3 is 10.0 Å². The fourth-order valence-electron chi connectivity index (χ4n) is 3.32. The topological polar surface area (TPSA) is 23.5 Å². The minimum Gasteiger partial charge on any atom is -0.388 e. The van der Waals surface area contributed by atoms with Gasteiger partial charge in [0, 0.05) is 24.2 Å². The summed E-state index contributed by atoms with van der Waals surface area (Å²) >= 11 is 6.14. The maximum absolute atomic E-state index is 10.3. The molecule has 0 aromatic heterocycles. The van der Waals surface area contributed by atoms with Crippen LogP contribution < -0.4 is 0 Å². The highest BCUT2D eigenvalue weighted by atomic mass is 35.5. The van der Waals surface area contributed by atoms with Crippen molar-refractivity contribution in [3.8, 4) is 0 Å². The van der Waals surface area contributed by atoms with E-state index < -0.39 is 6.10 Å². The molecule has 4 atom stereocenters. The lowest BCUT2D eigenvalue weighted by Crippen LogP contribution is -2.46. The Labute approximate surface area is 127 Å². The maximum Gasteiger partial charge on any atom is 0.0816 e. The average Bonchev–Trinajstić information content (AvgIpc) is 2.41. The van der Waals surface area contributed by atoms with Gasteiger partial charge in [-0.1, -0.05) is 43.6 Å². The maximum atomic E-state index is 10.3. The molecule has 1 fully saturated rings. The Morgan fingerprint density at radius 2 is 2.00 bits per heavy atom. The first-order chi connectivity index (χ1) is 9.49. The SMILES string of the molecule is CC1CC(C)C(C)N(CCC(O)c2ccccc2Cl)C1. The van der Waals surface area contributed by atoms with E-state index in [2.05, 4.69) is 25.7 Å². The quantitative estimate of drug-likeness (QED) is 0.903. The molecule has 3 heteroatoms. The van der Waals surface area contributed by atoms with Crippen LogP contribution in [0.25, 0.3) is 0 Å². The molecule has 0 amide bonds. The van der Waals surface area contributed by atoms with Crippen molar-refractivity contribution in [3.63, 3.8) is 0 Å². The van der Waals surface area contributed by atoms with Crippen molar-refractivity contribution in [2.45, 2.75) is 45.8 Å². The summed E-state index contributed by atoms with van der Waals surface area (Å²) in [5.41, 5.74) is 0.847. The monoisotopic (exact) mass is 295 g/mol. The highest BCUT2D eigenvalue weighted by Crippen LogP contribution is 2.29. The van der Waals surface area contributed by atoms with Gasteiger partial charge in [-0.05, 0) is 43.2 Å². The molecule has 2 nitrogen and oxygen atoms in total. The molecule has 4 unspecified atom stereocenters. The van der Waals surface area contributed by atoms with Crippen LogP contribution in [0, 0.1) is 11.8 Å².